The molecule has 1 aliphatic heterocycles. The average molecular weight is 367 g/mol. The van der Waals surface area contributed by atoms with Gasteiger partial charge in [-0.1, -0.05) is 0 Å². The van der Waals surface area contributed by atoms with Gasteiger partial charge in [0.1, 0.15) is 5.65 Å². The number of hydrogen-bond acceptors (Lipinski definition) is 3. The molecule has 0 aromatic carbocycles. The van der Waals surface area contributed by atoms with Crippen LogP contribution in [-0.4, -0.2) is 44.2 Å². The molecule has 27 heavy (non-hydrogen) atoms. The van der Waals surface area contributed by atoms with Gasteiger partial charge in [-0.05, 0) is 69.1 Å². The van der Waals surface area contributed by atoms with E-state index in [0.717, 1.165) is 18.7 Å². The molecule has 1 N–H and O–H groups in total. The number of amides is 1. The predicted octanol–water partition coefficient (Wildman–Crippen LogP) is 3.22. The van der Waals surface area contributed by atoms with Crippen molar-refractivity contribution in [3.63, 3.8) is 0 Å². The molecule has 3 fully saturated rings. The third kappa shape index (κ3) is 2.78. The molecule has 0 bridgehead atoms. The van der Waals surface area contributed by atoms with Gasteiger partial charge < -0.3 is 14.6 Å². The number of aromatic nitrogens is 2. The van der Waals surface area contributed by atoms with Crippen LogP contribution >= 0.6 is 0 Å². The summed E-state index contributed by atoms with van der Waals surface area (Å²) in [6, 6.07) is 4.22. The van der Waals surface area contributed by atoms with Gasteiger partial charge in [0.05, 0.1) is 5.60 Å². The summed E-state index contributed by atoms with van der Waals surface area (Å²) in [4.78, 5) is 19.1. The first kappa shape index (κ1) is 17.2. The molecule has 0 unspecified atom stereocenters. The highest BCUT2D eigenvalue weighted by Crippen LogP contribution is 2.50. The summed E-state index contributed by atoms with van der Waals surface area (Å²) in [5.41, 5.74) is 2.25. The molecule has 2 aromatic rings. The van der Waals surface area contributed by atoms with E-state index in [-0.39, 0.29) is 11.8 Å². The van der Waals surface area contributed by atoms with Crippen molar-refractivity contribution in [2.45, 2.75) is 57.0 Å². The van der Waals surface area contributed by atoms with E-state index in [9.17, 15) is 9.90 Å². The Morgan fingerprint density at radius 3 is 2.63 bits per heavy atom. The van der Waals surface area contributed by atoms with Crippen LogP contribution in [0.3, 0.4) is 0 Å². The number of fused-ring (bicyclic) bond motifs is 1. The molecule has 3 aliphatic rings. The van der Waals surface area contributed by atoms with Crippen molar-refractivity contribution in [3.05, 3.63) is 30.1 Å². The minimum absolute atomic E-state index is 0.0527. The van der Waals surface area contributed by atoms with Crippen LogP contribution < -0.4 is 0 Å². The second kappa shape index (κ2) is 5.81. The lowest BCUT2D eigenvalue weighted by molar-refractivity contribution is -0.163. The topological polar surface area (TPSA) is 58.4 Å². The molecular formula is C22H29N3O2. The Bertz CT molecular complexity index is 876. The van der Waals surface area contributed by atoms with Crippen LogP contribution in [0.25, 0.3) is 11.0 Å². The lowest BCUT2D eigenvalue weighted by Gasteiger charge is -2.55. The van der Waals surface area contributed by atoms with E-state index in [0.29, 0.717) is 24.2 Å². The van der Waals surface area contributed by atoms with Crippen molar-refractivity contribution in [1.29, 1.82) is 0 Å². The van der Waals surface area contributed by atoms with Gasteiger partial charge in [-0.15, -0.1) is 0 Å². The summed E-state index contributed by atoms with van der Waals surface area (Å²) < 4.78 is 2.15. The average Bonchev–Trinajstić information content (AvgIpc) is 2.94. The van der Waals surface area contributed by atoms with Crippen LogP contribution in [0.2, 0.25) is 0 Å². The largest absolute Gasteiger partial charge is 0.390 e. The van der Waals surface area contributed by atoms with E-state index in [1.54, 1.807) is 0 Å². The van der Waals surface area contributed by atoms with Crippen molar-refractivity contribution in [2.24, 2.45) is 18.4 Å². The van der Waals surface area contributed by atoms with Crippen LogP contribution in [0.1, 0.15) is 56.9 Å². The third-order valence-corrected chi connectivity index (χ3v) is 7.34. The molecule has 5 rings (SSSR count). The molecule has 3 heterocycles. The Morgan fingerprint density at radius 2 is 1.96 bits per heavy atom. The summed E-state index contributed by atoms with van der Waals surface area (Å²) >= 11 is 0. The van der Waals surface area contributed by atoms with E-state index in [2.05, 4.69) is 28.9 Å². The number of aryl methyl sites for hydroxylation is 1. The van der Waals surface area contributed by atoms with Crippen molar-refractivity contribution in [1.82, 2.24) is 14.5 Å². The molecule has 1 saturated heterocycles. The first-order valence-corrected chi connectivity index (χ1v) is 10.3. The second-order valence-corrected chi connectivity index (χ2v) is 9.64. The summed E-state index contributed by atoms with van der Waals surface area (Å²) in [6.07, 6.45) is 10.2. The number of nitrogens with zero attached hydrogens (tertiary/aromatic N) is 3. The van der Waals surface area contributed by atoms with Gasteiger partial charge in [-0.2, -0.15) is 0 Å². The number of likely N-dealkylation sites (tertiary alicyclic amines) is 1. The van der Waals surface area contributed by atoms with Crippen molar-refractivity contribution >= 4 is 16.9 Å². The zero-order valence-electron chi connectivity index (χ0n) is 16.3. The van der Waals surface area contributed by atoms with Gasteiger partial charge in [0.25, 0.3) is 0 Å². The number of pyridine rings is 1. The first-order valence-electron chi connectivity index (χ1n) is 10.3. The Hall–Kier alpha value is -1.88. The minimum atomic E-state index is -0.617. The predicted molar refractivity (Wildman–Crippen MR) is 104 cm³/mol. The van der Waals surface area contributed by atoms with E-state index < -0.39 is 5.60 Å². The molecule has 5 heteroatoms. The van der Waals surface area contributed by atoms with Crippen LogP contribution in [0, 0.1) is 11.3 Å². The number of carbonyl (C=O) groups is 1. The molecule has 1 amide bonds. The van der Waals surface area contributed by atoms with Gasteiger partial charge in [-0.25, -0.2) is 4.98 Å². The van der Waals surface area contributed by atoms with Crippen LogP contribution in [0.5, 0.6) is 0 Å². The SMILES string of the molecule is Cn1cc(C2CCC3(CC2)CN(C(=O)C2CC(C)(O)C2)C3)c2cccnc21. The number of carbonyl (C=O) groups excluding carboxylic acids is 1. The fourth-order valence-corrected chi connectivity index (χ4v) is 5.78. The number of aliphatic hydroxyl groups is 1. The van der Waals surface area contributed by atoms with E-state index >= 15 is 0 Å². The normalized spacial score (nSPS) is 30.3. The molecule has 0 atom stereocenters. The van der Waals surface area contributed by atoms with Crippen LogP contribution in [0.15, 0.2) is 24.5 Å². The van der Waals surface area contributed by atoms with Crippen molar-refractivity contribution in [3.8, 4) is 0 Å². The maximum absolute atomic E-state index is 12.6. The third-order valence-electron chi connectivity index (χ3n) is 7.34. The van der Waals surface area contributed by atoms with Gasteiger partial charge in [0.15, 0.2) is 0 Å². The molecule has 0 radical (unpaired) electrons. The highest BCUT2D eigenvalue weighted by atomic mass is 16.3. The standard InChI is InChI=1S/C22H29N3O2/c1-21(27)10-16(11-21)20(26)25-13-22(14-25)7-5-15(6-8-22)18-12-24(2)19-17(18)4-3-9-23-19/h3-4,9,12,15-16,27H,5-8,10-11,13-14H2,1-2H3. The number of hydrogen-bond donors (Lipinski definition) is 1. The summed E-state index contributed by atoms with van der Waals surface area (Å²) in [5.74, 6) is 0.932. The van der Waals surface area contributed by atoms with E-state index in [1.165, 1.54) is 36.6 Å². The van der Waals surface area contributed by atoms with Gasteiger partial charge in [-0.3, -0.25) is 4.79 Å². The van der Waals surface area contributed by atoms with Crippen LogP contribution in [0.4, 0.5) is 0 Å². The highest BCUT2D eigenvalue weighted by molar-refractivity contribution is 5.82. The van der Waals surface area contributed by atoms with Crippen LogP contribution in [-0.2, 0) is 11.8 Å². The molecule has 2 aromatic heterocycles. The zero-order valence-corrected chi connectivity index (χ0v) is 16.3. The highest BCUT2D eigenvalue weighted by Gasteiger charge is 2.51. The maximum Gasteiger partial charge on any atom is 0.225 e. The van der Waals surface area contributed by atoms with E-state index in [4.69, 9.17) is 0 Å². The Balaban J connectivity index is 1.21. The fourth-order valence-electron chi connectivity index (χ4n) is 5.78. The van der Waals surface area contributed by atoms with Gasteiger partial charge >= 0.3 is 0 Å². The Labute approximate surface area is 160 Å². The lowest BCUT2D eigenvalue weighted by Crippen LogP contribution is -2.62. The summed E-state index contributed by atoms with van der Waals surface area (Å²) in [7, 11) is 2.08. The van der Waals surface area contributed by atoms with Crippen molar-refractivity contribution < 1.29 is 9.90 Å². The second-order valence-electron chi connectivity index (χ2n) is 9.64. The monoisotopic (exact) mass is 367 g/mol. The summed E-state index contributed by atoms with van der Waals surface area (Å²) in [5, 5.41) is 11.2. The van der Waals surface area contributed by atoms with Gasteiger partial charge in [0.2, 0.25) is 5.91 Å². The zero-order chi connectivity index (χ0) is 18.8. The molecule has 2 aliphatic carbocycles. The number of rotatable bonds is 2. The smallest absolute Gasteiger partial charge is 0.225 e. The maximum atomic E-state index is 12.6. The fraction of sp³-hybridized carbons (Fsp3) is 0.636. The lowest BCUT2D eigenvalue weighted by atomic mass is 9.64. The van der Waals surface area contributed by atoms with Gasteiger partial charge in [0, 0.05) is 49.2 Å². The molecule has 1 spiro atoms. The first-order chi connectivity index (χ1) is 12.9. The Kier molecular flexibility index (Phi) is 3.71. The minimum Gasteiger partial charge on any atom is -0.390 e. The molecule has 2 saturated carbocycles. The van der Waals surface area contributed by atoms with Crippen molar-refractivity contribution in [2.75, 3.05) is 13.1 Å². The molecule has 144 valence electrons. The summed E-state index contributed by atoms with van der Waals surface area (Å²) in [6.45, 7) is 3.68. The molecular weight excluding hydrogens is 338 g/mol. The molecule has 5 nitrogen and oxygen atoms in total. The Morgan fingerprint density at radius 1 is 1.26 bits per heavy atom. The quantitative estimate of drug-likeness (QED) is 0.887. The van der Waals surface area contributed by atoms with E-state index in [1.807, 2.05) is 24.1 Å².